The number of fused-ring (bicyclic) bond motifs is 2. The number of carbonyl (C=O) groups excluding carboxylic acids is 1. The van der Waals surface area contributed by atoms with Crippen molar-refractivity contribution >= 4 is 22.5 Å². The van der Waals surface area contributed by atoms with E-state index in [9.17, 15) is 4.79 Å². The first-order valence-electron chi connectivity index (χ1n) is 8.46. The number of nitrogens with one attached hydrogen (secondary N) is 2. The van der Waals surface area contributed by atoms with Gasteiger partial charge in [0.1, 0.15) is 5.65 Å². The molecule has 1 aromatic carbocycles. The SMILES string of the molecule is Cc1[nH]c2ccccc2c1CC(=O)NCCc1cn2ccccc2n1. The quantitative estimate of drug-likeness (QED) is 0.590. The molecule has 0 aliphatic rings. The first-order valence-corrected chi connectivity index (χ1v) is 8.46. The van der Waals surface area contributed by atoms with Crippen LogP contribution >= 0.6 is 0 Å². The number of benzene rings is 1. The van der Waals surface area contributed by atoms with Crippen LogP contribution in [-0.2, 0) is 17.6 Å². The van der Waals surface area contributed by atoms with Gasteiger partial charge in [-0.1, -0.05) is 24.3 Å². The second-order valence-electron chi connectivity index (χ2n) is 6.25. The maximum atomic E-state index is 12.3. The lowest BCUT2D eigenvalue weighted by Crippen LogP contribution is -2.27. The number of imidazole rings is 1. The minimum absolute atomic E-state index is 0.0385. The summed E-state index contributed by atoms with van der Waals surface area (Å²) in [5.74, 6) is 0.0385. The Labute approximate surface area is 145 Å². The van der Waals surface area contributed by atoms with Crippen molar-refractivity contribution in [2.45, 2.75) is 19.8 Å². The summed E-state index contributed by atoms with van der Waals surface area (Å²) in [6.45, 7) is 2.60. The number of aromatic nitrogens is 3. The third-order valence-corrected chi connectivity index (χ3v) is 4.48. The van der Waals surface area contributed by atoms with E-state index >= 15 is 0 Å². The van der Waals surface area contributed by atoms with Crippen molar-refractivity contribution in [2.24, 2.45) is 0 Å². The molecule has 5 heteroatoms. The molecule has 0 bridgehead atoms. The van der Waals surface area contributed by atoms with Crippen LogP contribution in [0.25, 0.3) is 16.6 Å². The maximum absolute atomic E-state index is 12.3. The van der Waals surface area contributed by atoms with Crippen molar-refractivity contribution < 1.29 is 4.79 Å². The van der Waals surface area contributed by atoms with Gasteiger partial charge < -0.3 is 14.7 Å². The molecule has 0 aliphatic heterocycles. The molecule has 3 aromatic heterocycles. The molecule has 5 nitrogen and oxygen atoms in total. The third-order valence-electron chi connectivity index (χ3n) is 4.48. The first-order chi connectivity index (χ1) is 12.2. The van der Waals surface area contributed by atoms with E-state index in [0.29, 0.717) is 13.0 Å². The molecular formula is C20H20N4O. The summed E-state index contributed by atoms with van der Waals surface area (Å²) in [5.41, 5.74) is 5.11. The van der Waals surface area contributed by atoms with Crippen LogP contribution in [0.5, 0.6) is 0 Å². The van der Waals surface area contributed by atoms with Crippen molar-refractivity contribution in [3.05, 3.63) is 71.8 Å². The fourth-order valence-electron chi connectivity index (χ4n) is 3.22. The van der Waals surface area contributed by atoms with Crippen LogP contribution in [0, 0.1) is 6.92 Å². The number of hydrogen-bond acceptors (Lipinski definition) is 2. The number of amides is 1. The van der Waals surface area contributed by atoms with E-state index in [2.05, 4.69) is 21.4 Å². The van der Waals surface area contributed by atoms with E-state index in [1.807, 2.05) is 60.1 Å². The molecule has 0 saturated carbocycles. The molecule has 0 aliphatic carbocycles. The first kappa shape index (κ1) is 15.4. The predicted molar refractivity (Wildman–Crippen MR) is 98.6 cm³/mol. The summed E-state index contributed by atoms with van der Waals surface area (Å²) in [5, 5.41) is 4.12. The molecule has 3 heterocycles. The molecule has 4 rings (SSSR count). The molecule has 2 N–H and O–H groups in total. The van der Waals surface area contributed by atoms with Crippen molar-refractivity contribution in [1.82, 2.24) is 19.7 Å². The maximum Gasteiger partial charge on any atom is 0.224 e. The number of para-hydroxylation sites is 1. The van der Waals surface area contributed by atoms with Gasteiger partial charge in [0.2, 0.25) is 5.91 Å². The lowest BCUT2D eigenvalue weighted by molar-refractivity contribution is -0.120. The Balaban J connectivity index is 1.38. The van der Waals surface area contributed by atoms with Crippen LogP contribution in [0.4, 0.5) is 0 Å². The molecular weight excluding hydrogens is 312 g/mol. The van der Waals surface area contributed by atoms with Crippen molar-refractivity contribution in [3.8, 4) is 0 Å². The number of hydrogen-bond donors (Lipinski definition) is 2. The lowest BCUT2D eigenvalue weighted by atomic mass is 10.1. The Hall–Kier alpha value is -3.08. The zero-order valence-corrected chi connectivity index (χ0v) is 14.1. The molecule has 25 heavy (non-hydrogen) atoms. The minimum atomic E-state index is 0.0385. The highest BCUT2D eigenvalue weighted by molar-refractivity contribution is 5.90. The number of aryl methyl sites for hydroxylation is 1. The Morgan fingerprint density at radius 2 is 2.04 bits per heavy atom. The van der Waals surface area contributed by atoms with Gasteiger partial charge in [0.15, 0.2) is 0 Å². The molecule has 0 radical (unpaired) electrons. The Morgan fingerprint density at radius 3 is 2.92 bits per heavy atom. The highest BCUT2D eigenvalue weighted by Gasteiger charge is 2.12. The summed E-state index contributed by atoms with van der Waals surface area (Å²) >= 11 is 0. The molecule has 0 unspecified atom stereocenters. The van der Waals surface area contributed by atoms with Gasteiger partial charge in [-0.05, 0) is 30.7 Å². The lowest BCUT2D eigenvalue weighted by Gasteiger charge is -2.04. The molecule has 1 amide bonds. The standard InChI is InChI=1S/C20H20N4O/c1-14-17(16-6-2-3-7-18(16)22-14)12-20(25)21-10-9-15-13-24-11-5-4-8-19(24)23-15/h2-8,11,13,22H,9-10,12H2,1H3,(H,21,25). The van der Waals surface area contributed by atoms with Gasteiger partial charge in [-0.3, -0.25) is 4.79 Å². The minimum Gasteiger partial charge on any atom is -0.358 e. The van der Waals surface area contributed by atoms with Gasteiger partial charge in [-0.15, -0.1) is 0 Å². The Kier molecular flexibility index (Phi) is 3.98. The summed E-state index contributed by atoms with van der Waals surface area (Å²) in [7, 11) is 0. The monoisotopic (exact) mass is 332 g/mol. The van der Waals surface area contributed by atoms with Gasteiger partial charge >= 0.3 is 0 Å². The second kappa shape index (κ2) is 6.43. The van der Waals surface area contributed by atoms with Crippen LogP contribution in [0.2, 0.25) is 0 Å². The van der Waals surface area contributed by atoms with E-state index in [0.717, 1.165) is 39.9 Å². The highest BCUT2D eigenvalue weighted by Crippen LogP contribution is 2.22. The zero-order chi connectivity index (χ0) is 17.2. The van der Waals surface area contributed by atoms with Crippen molar-refractivity contribution in [1.29, 1.82) is 0 Å². The van der Waals surface area contributed by atoms with Crippen molar-refractivity contribution in [2.75, 3.05) is 6.54 Å². The molecule has 0 saturated heterocycles. The smallest absolute Gasteiger partial charge is 0.224 e. The zero-order valence-electron chi connectivity index (χ0n) is 14.1. The number of nitrogens with zero attached hydrogens (tertiary/aromatic N) is 2. The van der Waals surface area contributed by atoms with Crippen LogP contribution in [0.3, 0.4) is 0 Å². The van der Waals surface area contributed by atoms with Crippen LogP contribution < -0.4 is 5.32 Å². The van der Waals surface area contributed by atoms with Gasteiger partial charge in [-0.25, -0.2) is 4.98 Å². The van der Waals surface area contributed by atoms with Gasteiger partial charge in [0, 0.05) is 42.0 Å². The number of H-pyrrole nitrogens is 1. The average molecular weight is 332 g/mol. The normalized spacial score (nSPS) is 11.2. The van der Waals surface area contributed by atoms with E-state index in [4.69, 9.17) is 0 Å². The Bertz CT molecular complexity index is 1010. The van der Waals surface area contributed by atoms with Crippen LogP contribution in [-0.4, -0.2) is 26.8 Å². The number of carbonyl (C=O) groups is 1. The third kappa shape index (κ3) is 3.13. The predicted octanol–water partition coefficient (Wildman–Crippen LogP) is 3.03. The summed E-state index contributed by atoms with van der Waals surface area (Å²) < 4.78 is 1.99. The molecule has 4 aromatic rings. The Morgan fingerprint density at radius 1 is 1.20 bits per heavy atom. The van der Waals surface area contributed by atoms with Crippen LogP contribution in [0.15, 0.2) is 54.9 Å². The van der Waals surface area contributed by atoms with E-state index in [-0.39, 0.29) is 5.91 Å². The molecule has 126 valence electrons. The summed E-state index contributed by atoms with van der Waals surface area (Å²) in [6.07, 6.45) is 5.09. The number of rotatable bonds is 5. The largest absolute Gasteiger partial charge is 0.358 e. The molecule has 0 fully saturated rings. The number of aromatic amines is 1. The fraction of sp³-hybridized carbons (Fsp3) is 0.200. The van der Waals surface area contributed by atoms with Gasteiger partial charge in [0.25, 0.3) is 0 Å². The van der Waals surface area contributed by atoms with E-state index in [1.54, 1.807) is 0 Å². The summed E-state index contributed by atoms with van der Waals surface area (Å²) in [6, 6.07) is 14.0. The molecule has 0 atom stereocenters. The van der Waals surface area contributed by atoms with Crippen LogP contribution in [0.1, 0.15) is 17.0 Å². The van der Waals surface area contributed by atoms with Gasteiger partial charge in [0.05, 0.1) is 12.1 Å². The van der Waals surface area contributed by atoms with Gasteiger partial charge in [-0.2, -0.15) is 0 Å². The summed E-state index contributed by atoms with van der Waals surface area (Å²) in [4.78, 5) is 20.2. The topological polar surface area (TPSA) is 62.2 Å². The second-order valence-corrected chi connectivity index (χ2v) is 6.25. The molecule has 0 spiro atoms. The fourth-order valence-corrected chi connectivity index (χ4v) is 3.22. The van der Waals surface area contributed by atoms with Crippen molar-refractivity contribution in [3.63, 3.8) is 0 Å². The van der Waals surface area contributed by atoms with E-state index in [1.165, 1.54) is 0 Å². The number of pyridine rings is 1. The highest BCUT2D eigenvalue weighted by atomic mass is 16.1. The average Bonchev–Trinajstić information content (AvgIpc) is 3.16. The van der Waals surface area contributed by atoms with E-state index < -0.39 is 0 Å².